The highest BCUT2D eigenvalue weighted by Gasteiger charge is 2.28. The van der Waals surface area contributed by atoms with E-state index < -0.39 is 0 Å². The molecule has 23 heavy (non-hydrogen) atoms. The second-order valence-corrected chi connectivity index (χ2v) is 7.02. The van der Waals surface area contributed by atoms with Gasteiger partial charge in [-0.15, -0.1) is 0 Å². The van der Waals surface area contributed by atoms with Crippen LogP contribution in [0.25, 0.3) is 0 Å². The summed E-state index contributed by atoms with van der Waals surface area (Å²) in [4.78, 5) is 14.6. The first-order chi connectivity index (χ1) is 11.2. The molecule has 3 rings (SSSR count). The number of rotatable bonds is 5. The Labute approximate surface area is 139 Å². The molecule has 0 aliphatic carbocycles. The van der Waals surface area contributed by atoms with E-state index >= 15 is 0 Å². The van der Waals surface area contributed by atoms with Gasteiger partial charge in [-0.1, -0.05) is 30.3 Å². The zero-order valence-corrected chi connectivity index (χ0v) is 14.1. The SMILES string of the molecule is CC(NC(=O)CN1CCC(C2CCCN2)CC1)c1ccccc1. The first-order valence-corrected chi connectivity index (χ1v) is 9.02. The lowest BCUT2D eigenvalue weighted by atomic mass is 9.88. The lowest BCUT2D eigenvalue weighted by molar-refractivity contribution is -0.123. The van der Waals surface area contributed by atoms with Crippen molar-refractivity contribution in [1.29, 1.82) is 0 Å². The average molecular weight is 315 g/mol. The highest BCUT2D eigenvalue weighted by atomic mass is 16.2. The number of benzene rings is 1. The molecule has 4 heteroatoms. The smallest absolute Gasteiger partial charge is 0.234 e. The molecule has 2 unspecified atom stereocenters. The van der Waals surface area contributed by atoms with Gasteiger partial charge in [0.25, 0.3) is 0 Å². The fourth-order valence-corrected chi connectivity index (χ4v) is 3.94. The number of likely N-dealkylation sites (tertiary alicyclic amines) is 1. The largest absolute Gasteiger partial charge is 0.348 e. The van der Waals surface area contributed by atoms with Gasteiger partial charge in [0, 0.05) is 6.04 Å². The minimum atomic E-state index is 0.0731. The van der Waals surface area contributed by atoms with E-state index in [0.717, 1.165) is 30.6 Å². The van der Waals surface area contributed by atoms with Crippen molar-refractivity contribution in [3.8, 4) is 0 Å². The van der Waals surface area contributed by atoms with Crippen molar-refractivity contribution in [2.24, 2.45) is 5.92 Å². The second kappa shape index (κ2) is 7.93. The van der Waals surface area contributed by atoms with Gasteiger partial charge in [0.1, 0.15) is 0 Å². The molecule has 2 atom stereocenters. The quantitative estimate of drug-likeness (QED) is 0.876. The van der Waals surface area contributed by atoms with Crippen molar-refractivity contribution in [2.45, 2.75) is 44.7 Å². The first-order valence-electron chi connectivity index (χ1n) is 9.02. The van der Waals surface area contributed by atoms with Gasteiger partial charge in [0.05, 0.1) is 12.6 Å². The van der Waals surface area contributed by atoms with Crippen LogP contribution in [0.3, 0.4) is 0 Å². The lowest BCUT2D eigenvalue weighted by Gasteiger charge is -2.34. The van der Waals surface area contributed by atoms with Crippen molar-refractivity contribution in [3.63, 3.8) is 0 Å². The molecule has 1 amide bonds. The molecule has 2 aliphatic rings. The Balaban J connectivity index is 1.40. The van der Waals surface area contributed by atoms with Gasteiger partial charge in [-0.2, -0.15) is 0 Å². The van der Waals surface area contributed by atoms with E-state index in [-0.39, 0.29) is 11.9 Å². The van der Waals surface area contributed by atoms with Crippen molar-refractivity contribution < 1.29 is 4.79 Å². The fraction of sp³-hybridized carbons (Fsp3) is 0.632. The van der Waals surface area contributed by atoms with Gasteiger partial charge in [-0.3, -0.25) is 9.69 Å². The van der Waals surface area contributed by atoms with E-state index in [1.807, 2.05) is 25.1 Å². The van der Waals surface area contributed by atoms with E-state index in [9.17, 15) is 4.79 Å². The molecule has 126 valence electrons. The number of carbonyl (C=O) groups is 1. The third-order valence-corrected chi connectivity index (χ3v) is 5.34. The number of hydrogen-bond acceptors (Lipinski definition) is 3. The Morgan fingerprint density at radius 3 is 2.65 bits per heavy atom. The summed E-state index contributed by atoms with van der Waals surface area (Å²) < 4.78 is 0. The Kier molecular flexibility index (Phi) is 5.68. The van der Waals surface area contributed by atoms with Crippen LogP contribution in [0.5, 0.6) is 0 Å². The number of amides is 1. The third kappa shape index (κ3) is 4.55. The Morgan fingerprint density at radius 1 is 1.26 bits per heavy atom. The molecule has 1 aromatic rings. The maximum absolute atomic E-state index is 12.3. The zero-order valence-electron chi connectivity index (χ0n) is 14.1. The highest BCUT2D eigenvalue weighted by Crippen LogP contribution is 2.25. The Morgan fingerprint density at radius 2 is 2.00 bits per heavy atom. The van der Waals surface area contributed by atoms with Crippen LogP contribution < -0.4 is 10.6 Å². The van der Waals surface area contributed by atoms with Crippen LogP contribution >= 0.6 is 0 Å². The number of carbonyl (C=O) groups excluding carboxylic acids is 1. The van der Waals surface area contributed by atoms with Gasteiger partial charge < -0.3 is 10.6 Å². The lowest BCUT2D eigenvalue weighted by Crippen LogP contribution is -2.45. The predicted octanol–water partition coefficient (Wildman–Crippen LogP) is 2.33. The molecular formula is C19H29N3O. The standard InChI is InChI=1S/C19H29N3O/c1-15(16-6-3-2-4-7-16)21-19(23)14-22-12-9-17(10-13-22)18-8-5-11-20-18/h2-4,6-7,15,17-18,20H,5,8-14H2,1H3,(H,21,23). The fourth-order valence-electron chi connectivity index (χ4n) is 3.94. The van der Waals surface area contributed by atoms with Gasteiger partial charge in [0.15, 0.2) is 0 Å². The van der Waals surface area contributed by atoms with Gasteiger partial charge in [0.2, 0.25) is 5.91 Å². The molecule has 0 saturated carbocycles. The molecule has 2 fully saturated rings. The molecule has 4 nitrogen and oxygen atoms in total. The molecule has 0 radical (unpaired) electrons. The molecule has 2 aliphatic heterocycles. The summed E-state index contributed by atoms with van der Waals surface area (Å²) in [6.07, 6.45) is 5.10. The summed E-state index contributed by atoms with van der Waals surface area (Å²) in [5.74, 6) is 0.943. The van der Waals surface area contributed by atoms with E-state index in [2.05, 4.69) is 27.7 Å². The second-order valence-electron chi connectivity index (χ2n) is 7.02. The number of nitrogens with one attached hydrogen (secondary N) is 2. The molecule has 0 aromatic heterocycles. The summed E-state index contributed by atoms with van der Waals surface area (Å²) in [5, 5.41) is 6.75. The molecule has 0 bridgehead atoms. The van der Waals surface area contributed by atoms with Gasteiger partial charge in [-0.25, -0.2) is 0 Å². The highest BCUT2D eigenvalue weighted by molar-refractivity contribution is 5.78. The molecule has 0 spiro atoms. The average Bonchev–Trinajstić information content (AvgIpc) is 3.11. The van der Waals surface area contributed by atoms with Crippen molar-refractivity contribution in [1.82, 2.24) is 15.5 Å². The zero-order chi connectivity index (χ0) is 16.1. The molecular weight excluding hydrogens is 286 g/mol. The van der Waals surface area contributed by atoms with Crippen LogP contribution in [0, 0.1) is 5.92 Å². The van der Waals surface area contributed by atoms with Crippen LogP contribution in [0.2, 0.25) is 0 Å². The number of nitrogens with zero attached hydrogens (tertiary/aromatic N) is 1. The van der Waals surface area contributed by atoms with E-state index in [0.29, 0.717) is 6.54 Å². The molecule has 2 heterocycles. The maximum atomic E-state index is 12.3. The van der Waals surface area contributed by atoms with E-state index in [4.69, 9.17) is 0 Å². The molecule has 2 saturated heterocycles. The molecule has 1 aromatic carbocycles. The van der Waals surface area contributed by atoms with Crippen LogP contribution in [-0.4, -0.2) is 43.0 Å². The Hall–Kier alpha value is -1.39. The summed E-state index contributed by atoms with van der Waals surface area (Å²) in [6.45, 7) is 5.86. The minimum Gasteiger partial charge on any atom is -0.348 e. The van der Waals surface area contributed by atoms with Crippen LogP contribution in [0.1, 0.15) is 44.2 Å². The first kappa shape index (κ1) is 16.5. The third-order valence-electron chi connectivity index (χ3n) is 5.34. The topological polar surface area (TPSA) is 44.4 Å². The van der Waals surface area contributed by atoms with E-state index in [1.165, 1.54) is 32.2 Å². The predicted molar refractivity (Wildman–Crippen MR) is 93.2 cm³/mol. The maximum Gasteiger partial charge on any atom is 0.234 e. The van der Waals surface area contributed by atoms with Gasteiger partial charge in [-0.05, 0) is 63.7 Å². The monoisotopic (exact) mass is 315 g/mol. The van der Waals surface area contributed by atoms with E-state index in [1.54, 1.807) is 0 Å². The minimum absolute atomic E-state index is 0.0731. The summed E-state index contributed by atoms with van der Waals surface area (Å²) >= 11 is 0. The van der Waals surface area contributed by atoms with Crippen molar-refractivity contribution in [3.05, 3.63) is 35.9 Å². The number of piperidine rings is 1. The van der Waals surface area contributed by atoms with Crippen molar-refractivity contribution >= 4 is 5.91 Å². The Bertz CT molecular complexity index is 491. The van der Waals surface area contributed by atoms with Crippen LogP contribution in [0.15, 0.2) is 30.3 Å². The summed E-state index contributed by atoms with van der Waals surface area (Å²) in [5.41, 5.74) is 1.16. The summed E-state index contributed by atoms with van der Waals surface area (Å²) in [6, 6.07) is 10.9. The van der Waals surface area contributed by atoms with Crippen LogP contribution in [0.4, 0.5) is 0 Å². The van der Waals surface area contributed by atoms with Crippen molar-refractivity contribution in [2.75, 3.05) is 26.2 Å². The summed E-state index contributed by atoms with van der Waals surface area (Å²) in [7, 11) is 0. The van der Waals surface area contributed by atoms with Crippen LogP contribution in [-0.2, 0) is 4.79 Å². The molecule has 2 N–H and O–H groups in total. The van der Waals surface area contributed by atoms with Gasteiger partial charge >= 0.3 is 0 Å². The normalized spacial score (nSPS) is 24.5. The number of hydrogen-bond donors (Lipinski definition) is 2.